The fourth-order valence-electron chi connectivity index (χ4n) is 2.51. The monoisotopic (exact) mass is 336 g/mol. The van der Waals surface area contributed by atoms with E-state index < -0.39 is 0 Å². The van der Waals surface area contributed by atoms with Crippen LogP contribution in [-0.2, 0) is 16.1 Å². The number of nitrogens with zero attached hydrogens (tertiary/aromatic N) is 2. The van der Waals surface area contributed by atoms with Gasteiger partial charge in [-0.1, -0.05) is 12.1 Å². The molecule has 0 saturated carbocycles. The van der Waals surface area contributed by atoms with Gasteiger partial charge in [-0.25, -0.2) is 4.68 Å². The molecule has 0 radical (unpaired) electrons. The molecular formula is C16H21ClN4O2. The molecule has 1 fully saturated rings. The summed E-state index contributed by atoms with van der Waals surface area (Å²) in [7, 11) is 0. The molecule has 0 unspecified atom stereocenters. The van der Waals surface area contributed by atoms with Gasteiger partial charge in [-0.2, -0.15) is 5.10 Å². The fraction of sp³-hybridized carbons (Fsp3) is 0.375. The van der Waals surface area contributed by atoms with Gasteiger partial charge < -0.3 is 15.4 Å². The van der Waals surface area contributed by atoms with Gasteiger partial charge >= 0.3 is 0 Å². The Balaban J connectivity index is 0.00000192. The van der Waals surface area contributed by atoms with E-state index in [0.29, 0.717) is 19.7 Å². The average Bonchev–Trinajstić information content (AvgIpc) is 3.08. The Bertz CT molecular complexity index is 616. The normalized spacial score (nSPS) is 20.6. The zero-order valence-electron chi connectivity index (χ0n) is 12.9. The van der Waals surface area contributed by atoms with Gasteiger partial charge in [0.15, 0.2) is 0 Å². The number of amides is 1. The molecular weight excluding hydrogens is 316 g/mol. The summed E-state index contributed by atoms with van der Waals surface area (Å²) in [6.45, 7) is 3.78. The van der Waals surface area contributed by atoms with Crippen LogP contribution in [0.3, 0.4) is 0 Å². The lowest BCUT2D eigenvalue weighted by Crippen LogP contribution is -2.55. The molecule has 1 aliphatic heterocycles. The predicted molar refractivity (Wildman–Crippen MR) is 89.9 cm³/mol. The van der Waals surface area contributed by atoms with E-state index in [1.54, 1.807) is 10.9 Å². The summed E-state index contributed by atoms with van der Waals surface area (Å²) >= 11 is 0. The Morgan fingerprint density at radius 2 is 2.22 bits per heavy atom. The van der Waals surface area contributed by atoms with Crippen molar-refractivity contribution in [1.82, 2.24) is 20.4 Å². The minimum atomic E-state index is -0.280. The summed E-state index contributed by atoms with van der Waals surface area (Å²) in [6, 6.07) is 9.56. The number of carbonyl (C=O) groups excluding carboxylic acids is 1. The lowest BCUT2D eigenvalue weighted by atomic mass is 10.1. The molecule has 2 N–H and O–H groups in total. The summed E-state index contributed by atoms with van der Waals surface area (Å²) in [5.74, 6) is -0.0247. The maximum Gasteiger partial charge on any atom is 0.240 e. The van der Waals surface area contributed by atoms with Crippen molar-refractivity contribution in [2.75, 3.05) is 13.2 Å². The third-order valence-corrected chi connectivity index (χ3v) is 3.77. The first kappa shape index (κ1) is 17.5. The first-order valence-corrected chi connectivity index (χ1v) is 7.46. The molecule has 1 saturated heterocycles. The van der Waals surface area contributed by atoms with Crippen LogP contribution < -0.4 is 10.6 Å². The van der Waals surface area contributed by atoms with E-state index in [1.165, 1.54) is 0 Å². The third-order valence-electron chi connectivity index (χ3n) is 3.77. The van der Waals surface area contributed by atoms with Crippen molar-refractivity contribution in [2.24, 2.45) is 0 Å². The molecule has 2 aromatic rings. The van der Waals surface area contributed by atoms with E-state index in [-0.39, 0.29) is 30.5 Å². The van der Waals surface area contributed by atoms with Crippen molar-refractivity contribution in [3.63, 3.8) is 0 Å². The molecule has 1 aliphatic rings. The Hall–Kier alpha value is -1.89. The predicted octanol–water partition coefficient (Wildman–Crippen LogP) is 1.29. The minimum absolute atomic E-state index is 0. The minimum Gasteiger partial charge on any atom is -0.375 e. The molecule has 0 spiro atoms. The summed E-state index contributed by atoms with van der Waals surface area (Å²) in [4.78, 5) is 12.2. The summed E-state index contributed by atoms with van der Waals surface area (Å²) in [6.07, 6.45) is 3.54. The Morgan fingerprint density at radius 3 is 2.87 bits per heavy atom. The quantitative estimate of drug-likeness (QED) is 0.882. The maximum absolute atomic E-state index is 12.2. The summed E-state index contributed by atoms with van der Waals surface area (Å²) in [5.41, 5.74) is 2.05. The highest BCUT2D eigenvalue weighted by Crippen LogP contribution is 2.09. The van der Waals surface area contributed by atoms with Gasteiger partial charge in [-0.15, -0.1) is 12.4 Å². The molecule has 1 aromatic heterocycles. The highest BCUT2D eigenvalue weighted by Gasteiger charge is 2.27. The number of nitrogens with one attached hydrogen (secondary N) is 2. The molecule has 0 aliphatic carbocycles. The second kappa shape index (κ2) is 8.10. The van der Waals surface area contributed by atoms with Crippen molar-refractivity contribution in [3.05, 3.63) is 48.3 Å². The lowest BCUT2D eigenvalue weighted by Gasteiger charge is -2.29. The number of aromatic nitrogens is 2. The van der Waals surface area contributed by atoms with Crippen molar-refractivity contribution in [3.8, 4) is 5.69 Å². The van der Waals surface area contributed by atoms with Crippen molar-refractivity contribution in [2.45, 2.75) is 25.6 Å². The SMILES string of the molecule is C[C@H]1OCCN[C@@H]1C(=O)NCc1ccc(-n2cccn2)cc1.Cl. The van der Waals surface area contributed by atoms with E-state index in [2.05, 4.69) is 15.7 Å². The lowest BCUT2D eigenvalue weighted by molar-refractivity contribution is -0.129. The first-order valence-electron chi connectivity index (χ1n) is 7.46. The highest BCUT2D eigenvalue weighted by atomic mass is 35.5. The second-order valence-corrected chi connectivity index (χ2v) is 5.34. The van der Waals surface area contributed by atoms with Gasteiger partial charge in [0.05, 0.1) is 18.4 Å². The van der Waals surface area contributed by atoms with Crippen LogP contribution in [0.25, 0.3) is 5.69 Å². The number of hydrogen-bond donors (Lipinski definition) is 2. The zero-order valence-corrected chi connectivity index (χ0v) is 13.8. The van der Waals surface area contributed by atoms with Crippen molar-refractivity contribution >= 4 is 18.3 Å². The van der Waals surface area contributed by atoms with Gasteiger partial charge in [0.1, 0.15) is 6.04 Å². The van der Waals surface area contributed by atoms with Crippen LogP contribution >= 0.6 is 12.4 Å². The number of benzene rings is 1. The largest absolute Gasteiger partial charge is 0.375 e. The smallest absolute Gasteiger partial charge is 0.240 e. The van der Waals surface area contributed by atoms with Crippen LogP contribution in [0, 0.1) is 0 Å². The van der Waals surface area contributed by atoms with Gasteiger partial charge in [-0.05, 0) is 30.7 Å². The average molecular weight is 337 g/mol. The van der Waals surface area contributed by atoms with Gasteiger partial charge in [0.25, 0.3) is 0 Å². The Kier molecular flexibility index (Phi) is 6.15. The van der Waals surface area contributed by atoms with Crippen LogP contribution in [0.4, 0.5) is 0 Å². The van der Waals surface area contributed by atoms with Gasteiger partial charge in [0, 0.05) is 25.5 Å². The topological polar surface area (TPSA) is 68.2 Å². The van der Waals surface area contributed by atoms with E-state index in [4.69, 9.17) is 4.74 Å². The van der Waals surface area contributed by atoms with Gasteiger partial charge in [-0.3, -0.25) is 4.79 Å². The molecule has 3 rings (SSSR count). The van der Waals surface area contributed by atoms with Gasteiger partial charge in [0.2, 0.25) is 5.91 Å². The van der Waals surface area contributed by atoms with Crippen molar-refractivity contribution < 1.29 is 9.53 Å². The Labute approximate surface area is 141 Å². The van der Waals surface area contributed by atoms with E-state index in [9.17, 15) is 4.79 Å². The number of halogens is 1. The Morgan fingerprint density at radius 1 is 1.43 bits per heavy atom. The van der Waals surface area contributed by atoms with Crippen LogP contribution in [0.15, 0.2) is 42.7 Å². The van der Waals surface area contributed by atoms with Crippen molar-refractivity contribution in [1.29, 1.82) is 0 Å². The van der Waals surface area contributed by atoms with E-state index in [1.807, 2.05) is 43.5 Å². The highest BCUT2D eigenvalue weighted by molar-refractivity contribution is 5.85. The molecule has 2 atom stereocenters. The molecule has 23 heavy (non-hydrogen) atoms. The molecule has 1 aromatic carbocycles. The number of carbonyl (C=O) groups is 1. The molecule has 124 valence electrons. The molecule has 7 heteroatoms. The maximum atomic E-state index is 12.2. The van der Waals surface area contributed by atoms with E-state index >= 15 is 0 Å². The number of rotatable bonds is 4. The van der Waals surface area contributed by atoms with Crippen LogP contribution in [0.2, 0.25) is 0 Å². The van der Waals surface area contributed by atoms with E-state index in [0.717, 1.165) is 11.3 Å². The fourth-order valence-corrected chi connectivity index (χ4v) is 2.51. The van der Waals surface area contributed by atoms with Crippen LogP contribution in [-0.4, -0.2) is 41.0 Å². The summed E-state index contributed by atoms with van der Waals surface area (Å²) < 4.78 is 7.29. The first-order chi connectivity index (χ1) is 10.7. The van der Waals surface area contributed by atoms with Crippen LogP contribution in [0.5, 0.6) is 0 Å². The molecule has 6 nitrogen and oxygen atoms in total. The standard InChI is InChI=1S/C16H20N4O2.ClH/c1-12-15(17-8-10-22-12)16(21)18-11-13-3-5-14(6-4-13)20-9-2-7-19-20;/h2-7,9,12,15,17H,8,10-11H2,1H3,(H,18,21);1H/t12-,15+;/m1./s1. The number of morpholine rings is 1. The zero-order chi connectivity index (χ0) is 15.4. The summed E-state index contributed by atoms with van der Waals surface area (Å²) in [5, 5.41) is 10.3. The molecule has 1 amide bonds. The second-order valence-electron chi connectivity index (χ2n) is 5.34. The number of hydrogen-bond acceptors (Lipinski definition) is 4. The molecule has 2 heterocycles. The number of ether oxygens (including phenoxy) is 1. The third kappa shape index (κ3) is 4.31. The molecule has 0 bridgehead atoms. The van der Waals surface area contributed by atoms with Crippen LogP contribution in [0.1, 0.15) is 12.5 Å².